The van der Waals surface area contributed by atoms with Gasteiger partial charge in [-0.15, -0.1) is 0 Å². The van der Waals surface area contributed by atoms with Crippen molar-refractivity contribution in [1.82, 2.24) is 5.32 Å². The number of rotatable bonds is 4. The third-order valence-electron chi connectivity index (χ3n) is 2.69. The molecule has 0 bridgehead atoms. The Bertz CT molecular complexity index is 427. The molecule has 0 spiro atoms. The van der Waals surface area contributed by atoms with Crippen molar-refractivity contribution in [3.05, 3.63) is 28.2 Å². The Labute approximate surface area is 109 Å². The lowest BCUT2D eigenvalue weighted by atomic mass is 9.88. The minimum Gasteiger partial charge on any atom is -0.481 e. The summed E-state index contributed by atoms with van der Waals surface area (Å²) in [5.41, 5.74) is 0.296. The number of carboxylic acid groups (broad SMARTS) is 1. The average Bonchev–Trinajstić information content (AvgIpc) is 2.11. The Morgan fingerprint density at radius 3 is 2.35 bits per heavy atom. The smallest absolute Gasteiger partial charge is 0.305 e. The third-order valence-corrected chi connectivity index (χ3v) is 3.12. The summed E-state index contributed by atoms with van der Waals surface area (Å²) in [4.78, 5) is 10.8. The van der Waals surface area contributed by atoms with Crippen LogP contribution in [0.15, 0.2) is 18.2 Å². The number of halogens is 2. The fraction of sp³-hybridized carbons (Fsp3) is 0.364. The van der Waals surface area contributed by atoms with E-state index in [4.69, 9.17) is 28.3 Å². The van der Waals surface area contributed by atoms with Gasteiger partial charge in [0.2, 0.25) is 0 Å². The van der Waals surface area contributed by atoms with Crippen LogP contribution < -0.4 is 10.6 Å². The number of carboxylic acids is 1. The van der Waals surface area contributed by atoms with Gasteiger partial charge < -0.3 is 15.7 Å². The third kappa shape index (κ3) is 3.03. The Morgan fingerprint density at radius 1 is 1.35 bits per heavy atom. The molecule has 1 aliphatic heterocycles. The van der Waals surface area contributed by atoms with E-state index in [-0.39, 0.29) is 6.42 Å². The summed E-state index contributed by atoms with van der Waals surface area (Å²) in [5, 5.41) is 16.2. The van der Waals surface area contributed by atoms with Gasteiger partial charge in [0.05, 0.1) is 12.0 Å². The average molecular weight is 275 g/mol. The zero-order valence-corrected chi connectivity index (χ0v) is 10.5. The predicted octanol–water partition coefficient (Wildman–Crippen LogP) is 2.22. The number of hydrogen-bond acceptors (Lipinski definition) is 3. The highest BCUT2D eigenvalue weighted by molar-refractivity contribution is 6.35. The quantitative estimate of drug-likeness (QED) is 0.788. The van der Waals surface area contributed by atoms with Gasteiger partial charge in [-0.1, -0.05) is 23.2 Å². The van der Waals surface area contributed by atoms with Crippen LogP contribution in [0.3, 0.4) is 0 Å². The molecule has 0 aliphatic carbocycles. The highest BCUT2D eigenvalue weighted by Crippen LogP contribution is 2.27. The van der Waals surface area contributed by atoms with Crippen molar-refractivity contribution >= 4 is 34.9 Å². The van der Waals surface area contributed by atoms with Crippen LogP contribution in [0.1, 0.15) is 6.42 Å². The van der Waals surface area contributed by atoms with Crippen LogP contribution in [0.5, 0.6) is 0 Å². The molecule has 6 heteroatoms. The summed E-state index contributed by atoms with van der Waals surface area (Å²) in [6.07, 6.45) is 0.0597. The van der Waals surface area contributed by atoms with Gasteiger partial charge in [-0.05, 0) is 18.2 Å². The van der Waals surface area contributed by atoms with Gasteiger partial charge in [0.15, 0.2) is 0 Å². The van der Waals surface area contributed by atoms with Gasteiger partial charge in [-0.3, -0.25) is 4.79 Å². The second kappa shape index (κ2) is 4.72. The van der Waals surface area contributed by atoms with Crippen LogP contribution >= 0.6 is 23.2 Å². The Hall–Kier alpha value is -0.970. The normalized spacial score (nSPS) is 17.3. The monoisotopic (exact) mass is 274 g/mol. The maximum Gasteiger partial charge on any atom is 0.305 e. The van der Waals surface area contributed by atoms with Crippen molar-refractivity contribution in [1.29, 1.82) is 0 Å². The van der Waals surface area contributed by atoms with Gasteiger partial charge in [0.25, 0.3) is 0 Å². The first-order chi connectivity index (χ1) is 7.99. The van der Waals surface area contributed by atoms with Crippen molar-refractivity contribution < 1.29 is 9.90 Å². The Balaban J connectivity index is 2.15. The van der Waals surface area contributed by atoms with Crippen molar-refractivity contribution in [2.75, 3.05) is 18.4 Å². The molecule has 1 aromatic rings. The van der Waals surface area contributed by atoms with Crippen LogP contribution in [0, 0.1) is 0 Å². The molecule has 4 nitrogen and oxygen atoms in total. The molecule has 1 aromatic carbocycles. The number of benzene rings is 1. The molecule has 1 fully saturated rings. The van der Waals surface area contributed by atoms with E-state index in [0.29, 0.717) is 23.1 Å². The first-order valence-corrected chi connectivity index (χ1v) is 5.91. The fourth-order valence-corrected chi connectivity index (χ4v) is 2.43. The molecule has 0 radical (unpaired) electrons. The summed E-state index contributed by atoms with van der Waals surface area (Å²) in [6.45, 7) is 1.23. The minimum absolute atomic E-state index is 0.0597. The molecule has 0 amide bonds. The Morgan fingerprint density at radius 2 is 1.94 bits per heavy atom. The molecule has 1 aliphatic rings. The summed E-state index contributed by atoms with van der Waals surface area (Å²) in [7, 11) is 0. The molecule has 2 rings (SSSR count). The Kier molecular flexibility index (Phi) is 3.47. The molecule has 3 N–H and O–H groups in total. The molecule has 0 saturated carbocycles. The molecule has 0 aromatic heterocycles. The SMILES string of the molecule is O=C(O)CC1(Nc2cc(Cl)cc(Cl)c2)CNC1. The largest absolute Gasteiger partial charge is 0.481 e. The second-order valence-corrected chi connectivity index (χ2v) is 5.11. The van der Waals surface area contributed by atoms with Gasteiger partial charge in [0, 0.05) is 28.8 Å². The fourth-order valence-electron chi connectivity index (χ4n) is 1.91. The van der Waals surface area contributed by atoms with E-state index in [0.717, 1.165) is 5.69 Å². The van der Waals surface area contributed by atoms with Crippen molar-refractivity contribution in [3.63, 3.8) is 0 Å². The second-order valence-electron chi connectivity index (χ2n) is 4.24. The molecular weight excluding hydrogens is 263 g/mol. The zero-order valence-electron chi connectivity index (χ0n) is 8.96. The lowest BCUT2D eigenvalue weighted by molar-refractivity contribution is -0.138. The van der Waals surface area contributed by atoms with Gasteiger partial charge in [-0.2, -0.15) is 0 Å². The lowest BCUT2D eigenvalue weighted by Crippen LogP contribution is -2.65. The van der Waals surface area contributed by atoms with E-state index >= 15 is 0 Å². The maximum absolute atomic E-state index is 10.8. The van der Waals surface area contributed by atoms with E-state index in [1.165, 1.54) is 0 Å². The van der Waals surface area contributed by atoms with Gasteiger partial charge in [-0.25, -0.2) is 0 Å². The molecular formula is C11H12Cl2N2O2. The molecule has 0 atom stereocenters. The number of anilines is 1. The van der Waals surface area contributed by atoms with Crippen molar-refractivity contribution in [2.24, 2.45) is 0 Å². The van der Waals surface area contributed by atoms with Crippen molar-refractivity contribution in [3.8, 4) is 0 Å². The first kappa shape index (κ1) is 12.5. The highest BCUT2D eigenvalue weighted by atomic mass is 35.5. The molecule has 0 unspecified atom stereocenters. The van der Waals surface area contributed by atoms with E-state index < -0.39 is 11.5 Å². The van der Waals surface area contributed by atoms with E-state index in [2.05, 4.69) is 10.6 Å². The summed E-state index contributed by atoms with van der Waals surface area (Å²) in [5.74, 6) is -0.827. The topological polar surface area (TPSA) is 61.4 Å². The number of aliphatic carboxylic acids is 1. The standard InChI is InChI=1S/C11H12Cl2N2O2/c12-7-1-8(13)3-9(2-7)15-11(4-10(16)17)5-14-6-11/h1-3,14-15H,4-6H2,(H,16,17). The van der Waals surface area contributed by atoms with E-state index in [9.17, 15) is 4.79 Å². The molecule has 17 heavy (non-hydrogen) atoms. The molecule has 1 saturated heterocycles. The van der Waals surface area contributed by atoms with Crippen LogP contribution in [-0.2, 0) is 4.79 Å². The lowest BCUT2D eigenvalue weighted by Gasteiger charge is -2.43. The van der Waals surface area contributed by atoms with Crippen LogP contribution in [0.2, 0.25) is 10.0 Å². The highest BCUT2D eigenvalue weighted by Gasteiger charge is 2.39. The maximum atomic E-state index is 10.8. The number of carbonyl (C=O) groups is 1. The summed E-state index contributed by atoms with van der Waals surface area (Å²) in [6, 6.07) is 5.10. The predicted molar refractivity (Wildman–Crippen MR) is 67.9 cm³/mol. The van der Waals surface area contributed by atoms with E-state index in [1.807, 2.05) is 0 Å². The van der Waals surface area contributed by atoms with Crippen LogP contribution in [0.25, 0.3) is 0 Å². The first-order valence-electron chi connectivity index (χ1n) is 5.16. The van der Waals surface area contributed by atoms with Crippen LogP contribution in [0.4, 0.5) is 5.69 Å². The number of hydrogen-bond donors (Lipinski definition) is 3. The van der Waals surface area contributed by atoms with E-state index in [1.54, 1.807) is 18.2 Å². The minimum atomic E-state index is -0.827. The molecule has 1 heterocycles. The van der Waals surface area contributed by atoms with Gasteiger partial charge >= 0.3 is 5.97 Å². The van der Waals surface area contributed by atoms with Crippen LogP contribution in [-0.4, -0.2) is 29.7 Å². The number of nitrogens with one attached hydrogen (secondary N) is 2. The van der Waals surface area contributed by atoms with Crippen molar-refractivity contribution in [2.45, 2.75) is 12.0 Å². The van der Waals surface area contributed by atoms with Gasteiger partial charge in [0.1, 0.15) is 0 Å². The summed E-state index contributed by atoms with van der Waals surface area (Å²) < 4.78 is 0. The summed E-state index contributed by atoms with van der Waals surface area (Å²) >= 11 is 11.8. The zero-order chi connectivity index (χ0) is 12.5. The molecule has 92 valence electrons.